The Hall–Kier alpha value is -2.24. The second-order valence-corrected chi connectivity index (χ2v) is 12.4. The molecule has 3 rings (SSSR count). The van der Waals surface area contributed by atoms with Gasteiger partial charge in [0.05, 0.1) is 12.1 Å². The highest BCUT2D eigenvalue weighted by Gasteiger charge is 2.40. The molecule has 36 heavy (non-hydrogen) atoms. The molecule has 1 aromatic rings. The molecule has 2 heterocycles. The average molecular weight is 525 g/mol. The van der Waals surface area contributed by atoms with Gasteiger partial charge in [-0.05, 0) is 51.0 Å². The van der Waals surface area contributed by atoms with E-state index in [4.69, 9.17) is 0 Å². The Kier molecular flexibility index (Phi) is 9.71. The van der Waals surface area contributed by atoms with Crippen LogP contribution in [0.4, 0.5) is 0 Å². The van der Waals surface area contributed by atoms with Gasteiger partial charge in [-0.15, -0.1) is 0 Å². The first kappa shape index (κ1) is 28.3. The molecule has 1 aliphatic carbocycles. The molecule has 2 amide bonds. The minimum Gasteiger partial charge on any atom is -0.618 e. The maximum atomic E-state index is 13.2. The number of carbonyl (C=O) groups is 2. The number of nitrogens with one attached hydrogen (secondary N) is 2. The maximum Gasteiger partial charge on any atom is 0.323 e. The highest BCUT2D eigenvalue weighted by Crippen LogP contribution is 2.25. The summed E-state index contributed by atoms with van der Waals surface area (Å²) in [6, 6.07) is 2.26. The van der Waals surface area contributed by atoms with Crippen molar-refractivity contribution in [2.24, 2.45) is 11.8 Å². The lowest BCUT2D eigenvalue weighted by atomic mass is 9.88. The molecule has 0 unspecified atom stereocenters. The Bertz CT molecular complexity index is 1010. The molecule has 2 aliphatic rings. The van der Waals surface area contributed by atoms with E-state index in [1.807, 2.05) is 13.8 Å². The molecule has 11 heteroatoms. The summed E-state index contributed by atoms with van der Waals surface area (Å²) in [6.45, 7) is 5.42. The molecule has 10 nitrogen and oxygen atoms in total. The quantitative estimate of drug-likeness (QED) is 0.347. The van der Waals surface area contributed by atoms with Crippen LogP contribution in [0.2, 0.25) is 0 Å². The van der Waals surface area contributed by atoms with Gasteiger partial charge in [0.25, 0.3) is 0 Å². The number of hydrogen-bond acceptors (Lipinski definition) is 6. The number of sulfonamides is 1. The second kappa shape index (κ2) is 12.3. The van der Waals surface area contributed by atoms with Crippen LogP contribution < -0.4 is 15.4 Å². The Morgan fingerprint density at radius 1 is 1.17 bits per heavy atom. The summed E-state index contributed by atoms with van der Waals surface area (Å²) in [7, 11) is -4.16. The van der Waals surface area contributed by atoms with Gasteiger partial charge in [0.2, 0.25) is 11.8 Å². The number of carbonyl (C=O) groups excluding carboxylic acids is 2. The van der Waals surface area contributed by atoms with Crippen molar-refractivity contribution in [3.63, 3.8) is 0 Å². The molecule has 1 saturated heterocycles. The van der Waals surface area contributed by atoms with Gasteiger partial charge in [-0.3, -0.25) is 9.59 Å². The van der Waals surface area contributed by atoms with Crippen LogP contribution in [0.3, 0.4) is 0 Å². The molecule has 0 spiro atoms. The monoisotopic (exact) mass is 524 g/mol. The van der Waals surface area contributed by atoms with Crippen molar-refractivity contribution < 1.29 is 27.8 Å². The second-order valence-electron chi connectivity index (χ2n) is 10.6. The summed E-state index contributed by atoms with van der Waals surface area (Å²) in [5.74, 6) is -0.388. The van der Waals surface area contributed by atoms with Crippen LogP contribution in [-0.2, 0) is 19.6 Å². The zero-order chi connectivity index (χ0) is 26.5. The van der Waals surface area contributed by atoms with Gasteiger partial charge >= 0.3 is 15.0 Å². The van der Waals surface area contributed by atoms with Gasteiger partial charge in [0.15, 0.2) is 6.20 Å². The highest BCUT2D eigenvalue weighted by atomic mass is 32.2. The van der Waals surface area contributed by atoms with Gasteiger partial charge in [0, 0.05) is 30.6 Å². The summed E-state index contributed by atoms with van der Waals surface area (Å²) >= 11 is 0. The van der Waals surface area contributed by atoms with E-state index in [1.54, 1.807) is 6.92 Å². The molecule has 202 valence electrons. The smallest absolute Gasteiger partial charge is 0.323 e. The molecule has 2 fully saturated rings. The van der Waals surface area contributed by atoms with Gasteiger partial charge in [-0.1, -0.05) is 33.1 Å². The van der Waals surface area contributed by atoms with Gasteiger partial charge < -0.3 is 20.9 Å². The van der Waals surface area contributed by atoms with Crippen LogP contribution >= 0.6 is 0 Å². The summed E-state index contributed by atoms with van der Waals surface area (Å²) in [5.41, 5.74) is 0. The van der Waals surface area contributed by atoms with Crippen molar-refractivity contribution in [1.29, 1.82) is 0 Å². The van der Waals surface area contributed by atoms with E-state index in [9.17, 15) is 28.3 Å². The van der Waals surface area contributed by atoms with E-state index in [0.29, 0.717) is 24.0 Å². The topological polar surface area (TPSA) is 143 Å². The Morgan fingerprint density at radius 3 is 2.50 bits per heavy atom. The first-order valence-electron chi connectivity index (χ1n) is 13.0. The lowest BCUT2D eigenvalue weighted by molar-refractivity contribution is -0.646. The number of hydrogen-bond donors (Lipinski definition) is 3. The Morgan fingerprint density at radius 2 is 1.86 bits per heavy atom. The summed E-state index contributed by atoms with van der Waals surface area (Å²) in [6.07, 6.45) is 5.96. The molecular weight excluding hydrogens is 484 g/mol. The number of aliphatic hydroxyl groups excluding tert-OH is 1. The van der Waals surface area contributed by atoms with Crippen molar-refractivity contribution in [2.45, 2.75) is 101 Å². The molecule has 0 radical (unpaired) electrons. The molecule has 0 bridgehead atoms. The SMILES string of the molecule is CC(C)C[C@H](NC(=O)C1CCCCC1)C(=O)N[C@H]1CC[C@@H](C)N(S(=O)(=O)c2cccc[n+]2[O-])C[C@@H]1O. The minimum absolute atomic E-state index is 0.0777. The maximum absolute atomic E-state index is 13.2. The first-order valence-corrected chi connectivity index (χ1v) is 14.4. The molecule has 1 aliphatic heterocycles. The van der Waals surface area contributed by atoms with Crippen molar-refractivity contribution in [1.82, 2.24) is 14.9 Å². The van der Waals surface area contributed by atoms with Crippen LogP contribution in [0.1, 0.15) is 72.1 Å². The largest absolute Gasteiger partial charge is 0.618 e. The number of pyridine rings is 1. The fourth-order valence-electron chi connectivity index (χ4n) is 5.13. The van der Waals surface area contributed by atoms with Crippen molar-refractivity contribution >= 4 is 21.8 Å². The molecule has 0 aromatic carbocycles. The van der Waals surface area contributed by atoms with E-state index < -0.39 is 39.3 Å². The van der Waals surface area contributed by atoms with Gasteiger partial charge in [-0.2, -0.15) is 9.04 Å². The van der Waals surface area contributed by atoms with Crippen molar-refractivity contribution in [2.75, 3.05) is 6.54 Å². The first-order chi connectivity index (χ1) is 17.0. The molecule has 1 saturated carbocycles. The zero-order valence-electron chi connectivity index (χ0n) is 21.4. The van der Waals surface area contributed by atoms with Crippen LogP contribution in [-0.4, -0.2) is 60.4 Å². The summed E-state index contributed by atoms with van der Waals surface area (Å²) in [5, 5.41) is 28.4. The molecule has 3 N–H and O–H groups in total. The Balaban J connectivity index is 1.70. The average Bonchev–Trinajstić information content (AvgIpc) is 2.98. The van der Waals surface area contributed by atoms with Crippen molar-refractivity contribution in [3.05, 3.63) is 29.6 Å². The molecule has 4 atom stereocenters. The number of aliphatic hydroxyl groups is 1. The van der Waals surface area contributed by atoms with Gasteiger partial charge in [-0.25, -0.2) is 8.42 Å². The van der Waals surface area contributed by atoms with E-state index in [0.717, 1.165) is 42.6 Å². The minimum atomic E-state index is -4.16. The van der Waals surface area contributed by atoms with Crippen LogP contribution in [0.5, 0.6) is 0 Å². The Labute approximate surface area is 214 Å². The third-order valence-corrected chi connectivity index (χ3v) is 9.19. The number of β-amino-alcohol motifs (C(OH)–C–C–N with tert-alkyl or cyclic N) is 1. The predicted octanol–water partition coefficient (Wildman–Crippen LogP) is 1.45. The number of nitrogens with zero attached hydrogens (tertiary/aromatic N) is 2. The molecule has 1 aromatic heterocycles. The number of aromatic nitrogens is 1. The van der Waals surface area contributed by atoms with Gasteiger partial charge in [0.1, 0.15) is 6.04 Å². The van der Waals surface area contributed by atoms with E-state index >= 15 is 0 Å². The third-order valence-electron chi connectivity index (χ3n) is 7.22. The fourth-order valence-corrected chi connectivity index (χ4v) is 6.83. The van der Waals surface area contributed by atoms with E-state index in [2.05, 4.69) is 10.6 Å². The number of amides is 2. The van der Waals surface area contributed by atoms with Crippen molar-refractivity contribution in [3.8, 4) is 0 Å². The van der Waals surface area contributed by atoms with Crippen LogP contribution in [0, 0.1) is 17.0 Å². The normalized spacial score (nSPS) is 25.2. The summed E-state index contributed by atoms with van der Waals surface area (Å²) < 4.78 is 27.8. The lowest BCUT2D eigenvalue weighted by Crippen LogP contribution is -2.55. The highest BCUT2D eigenvalue weighted by molar-refractivity contribution is 7.89. The van der Waals surface area contributed by atoms with Crippen LogP contribution in [0.15, 0.2) is 29.4 Å². The van der Waals surface area contributed by atoms with E-state index in [1.165, 1.54) is 18.2 Å². The summed E-state index contributed by atoms with van der Waals surface area (Å²) in [4.78, 5) is 26.1. The van der Waals surface area contributed by atoms with E-state index in [-0.39, 0.29) is 30.2 Å². The zero-order valence-corrected chi connectivity index (χ0v) is 22.2. The third kappa shape index (κ3) is 6.95. The standard InChI is InChI=1S/C25H40N4O6S/c1-17(2)15-21(27-24(31)19-9-5-4-6-10-19)25(32)26-20-13-12-18(3)29(16-22(20)30)36(34,35)23-11-7-8-14-28(23)33/h7-8,11,14,17-22,30H,4-6,9-10,12-13,15-16H2,1-3H3,(H,26,32)(H,27,31)/t18-,20+,21+,22+/m1/s1. The molecular formula is C25H40N4O6S. The number of rotatable bonds is 8. The fraction of sp³-hybridized carbons (Fsp3) is 0.720. The van der Waals surface area contributed by atoms with Crippen LogP contribution in [0.25, 0.3) is 0 Å². The lowest BCUT2D eigenvalue weighted by Gasteiger charge is -2.29. The predicted molar refractivity (Wildman–Crippen MR) is 134 cm³/mol.